The first kappa shape index (κ1) is 12.6. The summed E-state index contributed by atoms with van der Waals surface area (Å²) in [6, 6.07) is 0. The Bertz CT molecular complexity index is 485. The van der Waals surface area contributed by atoms with Crippen LogP contribution in [0.2, 0.25) is 0 Å². The zero-order chi connectivity index (χ0) is 13.6. The van der Waals surface area contributed by atoms with Gasteiger partial charge >= 0.3 is 0 Å². The van der Waals surface area contributed by atoms with E-state index in [2.05, 4.69) is 31.0 Å². The predicted octanol–water partition coefficient (Wildman–Crippen LogP) is 2.09. The van der Waals surface area contributed by atoms with Crippen molar-refractivity contribution < 1.29 is 9.21 Å². The van der Waals surface area contributed by atoms with E-state index in [1.807, 2.05) is 4.90 Å². The summed E-state index contributed by atoms with van der Waals surface area (Å²) in [5, 5.41) is 8.29. The molecule has 19 heavy (non-hydrogen) atoms. The van der Waals surface area contributed by atoms with E-state index in [9.17, 15) is 4.79 Å². The zero-order valence-electron chi connectivity index (χ0n) is 11.8. The molecule has 1 aliphatic heterocycles. The van der Waals surface area contributed by atoms with Gasteiger partial charge in [0.1, 0.15) is 0 Å². The lowest BCUT2D eigenvalue weighted by atomic mass is 9.97. The maximum Gasteiger partial charge on any atom is 0.225 e. The van der Waals surface area contributed by atoms with E-state index in [1.54, 1.807) is 0 Å². The van der Waals surface area contributed by atoms with Crippen LogP contribution in [0.5, 0.6) is 0 Å². The van der Waals surface area contributed by atoms with Crippen LogP contribution in [0.1, 0.15) is 57.7 Å². The highest BCUT2D eigenvalue weighted by Gasteiger charge is 2.38. The number of aromatic nitrogens is 2. The van der Waals surface area contributed by atoms with Gasteiger partial charge in [0.05, 0.1) is 5.92 Å². The molecule has 1 amide bonds. The summed E-state index contributed by atoms with van der Waals surface area (Å²) in [4.78, 5) is 14.0. The Hall–Kier alpha value is -1.39. The minimum Gasteiger partial charge on any atom is -0.424 e. The molecule has 5 nitrogen and oxygen atoms in total. The molecular weight excluding hydrogens is 242 g/mol. The lowest BCUT2D eigenvalue weighted by Gasteiger charge is -2.15. The van der Waals surface area contributed by atoms with Crippen molar-refractivity contribution in [3.63, 3.8) is 0 Å². The molecule has 1 saturated carbocycles. The van der Waals surface area contributed by atoms with Gasteiger partial charge in [-0.15, -0.1) is 10.2 Å². The van der Waals surface area contributed by atoms with Crippen molar-refractivity contribution in [1.82, 2.24) is 15.1 Å². The molecule has 0 spiro atoms. The summed E-state index contributed by atoms with van der Waals surface area (Å²) >= 11 is 0. The third kappa shape index (κ3) is 2.51. The molecule has 1 atom stereocenters. The number of nitrogens with zero attached hydrogens (tertiary/aromatic N) is 3. The lowest BCUT2D eigenvalue weighted by Crippen LogP contribution is -2.29. The monoisotopic (exact) mass is 263 g/mol. The van der Waals surface area contributed by atoms with Crippen LogP contribution in [0.25, 0.3) is 0 Å². The molecule has 5 heteroatoms. The molecule has 0 unspecified atom stereocenters. The van der Waals surface area contributed by atoms with Crippen molar-refractivity contribution >= 4 is 5.91 Å². The number of carbonyl (C=O) groups is 1. The molecule has 1 aromatic heterocycles. The van der Waals surface area contributed by atoms with Crippen LogP contribution in [0.15, 0.2) is 4.42 Å². The van der Waals surface area contributed by atoms with Crippen LogP contribution in [0, 0.1) is 5.92 Å². The van der Waals surface area contributed by atoms with Gasteiger partial charge in [-0.05, 0) is 19.3 Å². The van der Waals surface area contributed by atoms with E-state index in [0.717, 1.165) is 32.4 Å². The second-order valence-corrected chi connectivity index (χ2v) is 6.74. The van der Waals surface area contributed by atoms with E-state index in [-0.39, 0.29) is 11.3 Å². The average molecular weight is 263 g/mol. The highest BCUT2D eigenvalue weighted by atomic mass is 16.4. The van der Waals surface area contributed by atoms with Gasteiger partial charge in [0.25, 0.3) is 0 Å². The van der Waals surface area contributed by atoms with Gasteiger partial charge < -0.3 is 9.32 Å². The minimum absolute atomic E-state index is 0.118. The number of likely N-dealkylation sites (tertiary alicyclic amines) is 1. The smallest absolute Gasteiger partial charge is 0.225 e. The Kier molecular flexibility index (Phi) is 2.87. The number of carbonyl (C=O) groups excluding carboxylic acids is 1. The van der Waals surface area contributed by atoms with Crippen LogP contribution >= 0.6 is 0 Å². The average Bonchev–Trinajstić information content (AvgIpc) is 2.89. The molecule has 1 aromatic rings. The minimum atomic E-state index is -0.118. The summed E-state index contributed by atoms with van der Waals surface area (Å²) in [5.74, 6) is 2.20. The number of hydrogen-bond acceptors (Lipinski definition) is 4. The van der Waals surface area contributed by atoms with Gasteiger partial charge in [-0.1, -0.05) is 20.8 Å². The van der Waals surface area contributed by atoms with Crippen molar-refractivity contribution in [3.05, 3.63) is 11.8 Å². The third-order valence-electron chi connectivity index (χ3n) is 3.86. The molecule has 0 radical (unpaired) electrons. The predicted molar refractivity (Wildman–Crippen MR) is 69.7 cm³/mol. The highest BCUT2D eigenvalue weighted by Crippen LogP contribution is 2.35. The normalized spacial score (nSPS) is 23.9. The van der Waals surface area contributed by atoms with E-state index in [0.29, 0.717) is 23.6 Å². The molecule has 0 aromatic carbocycles. The zero-order valence-corrected chi connectivity index (χ0v) is 11.8. The molecule has 0 bridgehead atoms. The van der Waals surface area contributed by atoms with Gasteiger partial charge in [0.15, 0.2) is 0 Å². The van der Waals surface area contributed by atoms with E-state index >= 15 is 0 Å². The van der Waals surface area contributed by atoms with Crippen molar-refractivity contribution in [2.24, 2.45) is 5.92 Å². The maximum atomic E-state index is 12.0. The summed E-state index contributed by atoms with van der Waals surface area (Å²) in [6.07, 6.45) is 3.06. The van der Waals surface area contributed by atoms with Crippen LogP contribution in [0.3, 0.4) is 0 Å². The van der Waals surface area contributed by atoms with Crippen LogP contribution < -0.4 is 0 Å². The number of hydrogen-bond donors (Lipinski definition) is 0. The van der Waals surface area contributed by atoms with Crippen molar-refractivity contribution in [2.75, 3.05) is 13.1 Å². The van der Waals surface area contributed by atoms with Gasteiger partial charge in [0, 0.05) is 24.4 Å². The molecule has 3 rings (SSSR count). The molecule has 2 aliphatic rings. The van der Waals surface area contributed by atoms with Crippen molar-refractivity contribution in [3.8, 4) is 0 Å². The molecule has 104 valence electrons. The Morgan fingerprint density at radius 3 is 2.58 bits per heavy atom. The Labute approximate surface area is 113 Å². The lowest BCUT2D eigenvalue weighted by molar-refractivity contribution is -0.131. The maximum absolute atomic E-state index is 12.0. The van der Waals surface area contributed by atoms with Crippen LogP contribution in [-0.2, 0) is 10.2 Å². The fourth-order valence-electron chi connectivity index (χ4n) is 2.45. The largest absolute Gasteiger partial charge is 0.424 e. The summed E-state index contributed by atoms with van der Waals surface area (Å²) in [6.45, 7) is 7.74. The molecule has 2 fully saturated rings. The summed E-state index contributed by atoms with van der Waals surface area (Å²) in [5.41, 5.74) is -0.118. The second-order valence-electron chi connectivity index (χ2n) is 6.74. The summed E-state index contributed by atoms with van der Waals surface area (Å²) in [7, 11) is 0. The fraction of sp³-hybridized carbons (Fsp3) is 0.786. The van der Waals surface area contributed by atoms with Gasteiger partial charge in [-0.3, -0.25) is 4.79 Å². The van der Waals surface area contributed by atoms with Gasteiger partial charge in [-0.25, -0.2) is 0 Å². The number of amides is 1. The second kappa shape index (κ2) is 4.32. The van der Waals surface area contributed by atoms with E-state index < -0.39 is 0 Å². The molecule has 0 N–H and O–H groups in total. The third-order valence-corrected chi connectivity index (χ3v) is 3.86. The first-order valence-corrected chi connectivity index (χ1v) is 7.08. The van der Waals surface area contributed by atoms with Crippen molar-refractivity contribution in [1.29, 1.82) is 0 Å². The highest BCUT2D eigenvalue weighted by molar-refractivity contribution is 5.81. The molecular formula is C14H21N3O2. The topological polar surface area (TPSA) is 59.2 Å². The first-order valence-electron chi connectivity index (χ1n) is 7.08. The SMILES string of the molecule is CC(C)(C)c1nnc([C@H]2CCN(C(=O)C3CC3)C2)o1. The standard InChI is InChI=1S/C14H21N3O2/c1-14(2,3)13-16-15-11(19-13)10-6-7-17(8-10)12(18)9-4-5-9/h9-10H,4-8H2,1-3H3/t10-/m0/s1. The Morgan fingerprint density at radius 2 is 2.00 bits per heavy atom. The first-order chi connectivity index (χ1) is 8.95. The van der Waals surface area contributed by atoms with Gasteiger partial charge in [0.2, 0.25) is 17.7 Å². The van der Waals surface area contributed by atoms with Gasteiger partial charge in [-0.2, -0.15) is 0 Å². The van der Waals surface area contributed by atoms with Crippen LogP contribution in [0.4, 0.5) is 0 Å². The van der Waals surface area contributed by atoms with Crippen LogP contribution in [-0.4, -0.2) is 34.1 Å². The Morgan fingerprint density at radius 1 is 1.26 bits per heavy atom. The fourth-order valence-corrected chi connectivity index (χ4v) is 2.45. The molecule has 1 saturated heterocycles. The van der Waals surface area contributed by atoms with Crippen molar-refractivity contribution in [2.45, 2.75) is 51.4 Å². The van der Waals surface area contributed by atoms with E-state index in [1.165, 1.54) is 0 Å². The Balaban J connectivity index is 1.67. The summed E-state index contributed by atoms with van der Waals surface area (Å²) < 4.78 is 5.78. The quantitative estimate of drug-likeness (QED) is 0.819. The molecule has 2 heterocycles. The number of rotatable bonds is 2. The molecule has 1 aliphatic carbocycles. The van der Waals surface area contributed by atoms with E-state index in [4.69, 9.17) is 4.42 Å².